The molecule has 1 aliphatic heterocycles. The lowest BCUT2D eigenvalue weighted by atomic mass is 10.2. The van der Waals surface area contributed by atoms with Crippen molar-refractivity contribution in [3.63, 3.8) is 0 Å². The van der Waals surface area contributed by atoms with Gasteiger partial charge in [0, 0.05) is 24.5 Å². The van der Waals surface area contributed by atoms with Crippen molar-refractivity contribution in [3.05, 3.63) is 53.3 Å². The zero-order valence-electron chi connectivity index (χ0n) is 16.7. The average Bonchev–Trinajstić information content (AvgIpc) is 3.57. The van der Waals surface area contributed by atoms with Crippen LogP contribution in [-0.4, -0.2) is 39.6 Å². The molecule has 1 aromatic heterocycles. The molecule has 1 aliphatic carbocycles. The van der Waals surface area contributed by atoms with Gasteiger partial charge in [0.2, 0.25) is 11.1 Å². The van der Waals surface area contributed by atoms with Crippen molar-refractivity contribution < 1.29 is 14.3 Å². The highest BCUT2D eigenvalue weighted by molar-refractivity contribution is 7.99. The fraction of sp³-hybridized carbons (Fsp3) is 0.318. The van der Waals surface area contributed by atoms with Gasteiger partial charge in [-0.1, -0.05) is 41.6 Å². The number of carbonyl (C=O) groups excluding carboxylic acids is 1. The zero-order valence-corrected chi connectivity index (χ0v) is 18.3. The Bertz CT molecular complexity index is 1100. The maximum Gasteiger partial charge on any atom is 0.234 e. The largest absolute Gasteiger partial charge is 0.490 e. The lowest BCUT2D eigenvalue weighted by Crippen LogP contribution is -2.14. The summed E-state index contributed by atoms with van der Waals surface area (Å²) in [6, 6.07) is 13.3. The first-order chi connectivity index (χ1) is 15.2. The summed E-state index contributed by atoms with van der Waals surface area (Å²) >= 11 is 7.63. The normalized spacial score (nSPS) is 15.4. The van der Waals surface area contributed by atoms with Crippen molar-refractivity contribution in [2.24, 2.45) is 0 Å². The molecule has 0 saturated heterocycles. The van der Waals surface area contributed by atoms with E-state index in [1.54, 1.807) is 12.1 Å². The van der Waals surface area contributed by atoms with Crippen LogP contribution in [0.5, 0.6) is 11.5 Å². The maximum atomic E-state index is 12.6. The monoisotopic (exact) mass is 456 g/mol. The third kappa shape index (κ3) is 4.65. The molecule has 3 aromatic rings. The van der Waals surface area contributed by atoms with Crippen LogP contribution in [0.2, 0.25) is 5.02 Å². The van der Waals surface area contributed by atoms with Crippen molar-refractivity contribution in [2.75, 3.05) is 24.3 Å². The Morgan fingerprint density at radius 2 is 1.90 bits per heavy atom. The third-order valence-electron chi connectivity index (χ3n) is 5.00. The number of para-hydroxylation sites is 1. The summed E-state index contributed by atoms with van der Waals surface area (Å²) in [5.74, 6) is 2.57. The summed E-state index contributed by atoms with van der Waals surface area (Å²) in [6.07, 6.45) is 3.05. The van der Waals surface area contributed by atoms with Gasteiger partial charge in [0.25, 0.3) is 0 Å². The number of amides is 1. The molecular formula is C22H21ClN4O3S. The van der Waals surface area contributed by atoms with Crippen molar-refractivity contribution in [3.8, 4) is 17.2 Å². The summed E-state index contributed by atoms with van der Waals surface area (Å²) in [6.45, 7) is 1.15. The molecule has 0 atom stereocenters. The molecule has 2 heterocycles. The predicted molar refractivity (Wildman–Crippen MR) is 120 cm³/mol. The van der Waals surface area contributed by atoms with Crippen LogP contribution in [0, 0.1) is 0 Å². The van der Waals surface area contributed by atoms with E-state index in [4.69, 9.17) is 21.1 Å². The molecule has 2 aliphatic rings. The van der Waals surface area contributed by atoms with Crippen LogP contribution < -0.4 is 14.8 Å². The second-order valence-electron chi connectivity index (χ2n) is 7.44. The van der Waals surface area contributed by atoms with E-state index >= 15 is 0 Å². The lowest BCUT2D eigenvalue weighted by molar-refractivity contribution is -0.113. The van der Waals surface area contributed by atoms with Crippen LogP contribution in [0.15, 0.2) is 47.6 Å². The van der Waals surface area contributed by atoms with Crippen LogP contribution in [-0.2, 0) is 4.79 Å². The number of fused-ring (bicyclic) bond motifs is 1. The molecule has 0 unspecified atom stereocenters. The van der Waals surface area contributed by atoms with Crippen LogP contribution in [0.4, 0.5) is 5.69 Å². The van der Waals surface area contributed by atoms with Crippen molar-refractivity contribution >= 4 is 35.0 Å². The second-order valence-corrected chi connectivity index (χ2v) is 8.79. The van der Waals surface area contributed by atoms with Gasteiger partial charge in [0.15, 0.2) is 11.5 Å². The minimum absolute atomic E-state index is 0.174. The van der Waals surface area contributed by atoms with Gasteiger partial charge in [0.1, 0.15) is 5.82 Å². The van der Waals surface area contributed by atoms with E-state index in [2.05, 4.69) is 15.4 Å². The first-order valence-corrected chi connectivity index (χ1v) is 11.6. The lowest BCUT2D eigenvalue weighted by Gasteiger charge is -2.12. The molecule has 9 heteroatoms. The van der Waals surface area contributed by atoms with E-state index < -0.39 is 0 Å². The first kappa shape index (κ1) is 20.2. The SMILES string of the molecule is O=C(CSc1nc(C2CC2)n(-c2ccccc2)n1)Nc1cc2c(cc1Cl)OCCCO2. The molecule has 1 amide bonds. The standard InChI is InChI=1S/C22H21ClN4O3S/c23-16-11-18-19(30-10-4-9-29-18)12-17(16)24-20(28)13-31-22-25-21(14-7-8-14)27(26-22)15-5-2-1-3-6-15/h1-3,5-6,11-12,14H,4,7-10,13H2,(H,24,28). The Morgan fingerprint density at radius 3 is 2.65 bits per heavy atom. The van der Waals surface area contributed by atoms with Gasteiger partial charge in [-0.05, 0) is 25.0 Å². The zero-order chi connectivity index (χ0) is 21.2. The van der Waals surface area contributed by atoms with E-state index in [0.29, 0.717) is 46.5 Å². The maximum absolute atomic E-state index is 12.6. The topological polar surface area (TPSA) is 78.3 Å². The number of rotatable bonds is 6. The van der Waals surface area contributed by atoms with Gasteiger partial charge in [-0.2, -0.15) is 0 Å². The van der Waals surface area contributed by atoms with Crippen molar-refractivity contribution in [2.45, 2.75) is 30.3 Å². The number of hydrogen-bond donors (Lipinski definition) is 1. The van der Waals surface area contributed by atoms with Crippen LogP contribution in [0.1, 0.15) is 31.0 Å². The number of benzene rings is 2. The average molecular weight is 457 g/mol. The number of ether oxygens (including phenoxy) is 2. The fourth-order valence-corrected chi connectivity index (χ4v) is 4.16. The highest BCUT2D eigenvalue weighted by atomic mass is 35.5. The third-order valence-corrected chi connectivity index (χ3v) is 6.15. The van der Waals surface area contributed by atoms with Crippen LogP contribution in [0.25, 0.3) is 5.69 Å². The first-order valence-electron chi connectivity index (χ1n) is 10.2. The van der Waals surface area contributed by atoms with Crippen molar-refractivity contribution in [1.29, 1.82) is 0 Å². The summed E-state index contributed by atoms with van der Waals surface area (Å²) in [7, 11) is 0. The molecule has 1 fully saturated rings. The Labute approximate surface area is 189 Å². The number of aromatic nitrogens is 3. The molecular weight excluding hydrogens is 436 g/mol. The molecule has 1 N–H and O–H groups in total. The number of thioether (sulfide) groups is 1. The number of nitrogens with one attached hydrogen (secondary N) is 1. The fourth-order valence-electron chi connectivity index (χ4n) is 3.33. The molecule has 31 heavy (non-hydrogen) atoms. The highest BCUT2D eigenvalue weighted by Gasteiger charge is 2.30. The minimum atomic E-state index is -0.189. The minimum Gasteiger partial charge on any atom is -0.490 e. The van der Waals surface area contributed by atoms with E-state index in [1.807, 2.05) is 35.0 Å². The highest BCUT2D eigenvalue weighted by Crippen LogP contribution is 2.40. The summed E-state index contributed by atoms with van der Waals surface area (Å²) in [4.78, 5) is 17.2. The van der Waals surface area contributed by atoms with Gasteiger partial charge >= 0.3 is 0 Å². The van der Waals surface area contributed by atoms with Crippen LogP contribution in [0.3, 0.4) is 0 Å². The Kier molecular flexibility index (Phi) is 5.74. The second kappa shape index (κ2) is 8.80. The number of halogens is 1. The summed E-state index contributed by atoms with van der Waals surface area (Å²) in [5, 5.41) is 8.48. The Hall–Kier alpha value is -2.71. The van der Waals surface area contributed by atoms with Gasteiger partial charge in [-0.15, -0.1) is 5.10 Å². The van der Waals surface area contributed by atoms with E-state index in [-0.39, 0.29) is 11.7 Å². The molecule has 1 saturated carbocycles. The van der Waals surface area contributed by atoms with Gasteiger partial charge in [-0.3, -0.25) is 4.79 Å². The van der Waals surface area contributed by atoms with Gasteiger partial charge < -0.3 is 14.8 Å². The summed E-state index contributed by atoms with van der Waals surface area (Å²) < 4.78 is 13.2. The number of nitrogens with zero attached hydrogens (tertiary/aromatic N) is 3. The van der Waals surface area contributed by atoms with Gasteiger partial charge in [0.05, 0.1) is 35.4 Å². The number of hydrogen-bond acceptors (Lipinski definition) is 6. The molecule has 0 bridgehead atoms. The van der Waals surface area contributed by atoms with Crippen molar-refractivity contribution in [1.82, 2.24) is 14.8 Å². The number of anilines is 1. The summed E-state index contributed by atoms with van der Waals surface area (Å²) in [5.41, 5.74) is 1.48. The Morgan fingerprint density at radius 1 is 1.16 bits per heavy atom. The quantitative estimate of drug-likeness (QED) is 0.542. The van der Waals surface area contributed by atoms with E-state index in [0.717, 1.165) is 30.8 Å². The molecule has 7 nitrogen and oxygen atoms in total. The smallest absolute Gasteiger partial charge is 0.234 e. The predicted octanol–water partition coefficient (Wildman–Crippen LogP) is 4.69. The van der Waals surface area contributed by atoms with Gasteiger partial charge in [-0.25, -0.2) is 9.67 Å². The molecule has 5 rings (SSSR count). The van der Waals surface area contributed by atoms with E-state index in [9.17, 15) is 4.79 Å². The molecule has 0 spiro atoms. The molecule has 0 radical (unpaired) electrons. The molecule has 2 aromatic carbocycles. The van der Waals surface area contributed by atoms with E-state index in [1.165, 1.54) is 11.8 Å². The molecule has 160 valence electrons. The van der Waals surface area contributed by atoms with Crippen LogP contribution >= 0.6 is 23.4 Å². The Balaban J connectivity index is 1.27. The number of carbonyl (C=O) groups is 1.